The summed E-state index contributed by atoms with van der Waals surface area (Å²) in [6.45, 7) is 5.45. The van der Waals surface area contributed by atoms with Gasteiger partial charge in [0, 0.05) is 11.4 Å². The summed E-state index contributed by atoms with van der Waals surface area (Å²) >= 11 is 0. The molecule has 0 aliphatic heterocycles. The lowest BCUT2D eigenvalue weighted by atomic mass is 9.77. The van der Waals surface area contributed by atoms with Gasteiger partial charge in [-0.1, -0.05) is 127 Å². The Morgan fingerprint density at radius 2 is 0.821 bits per heavy atom. The number of benzene rings is 4. The minimum absolute atomic E-state index is 0.427. The molecule has 4 aromatic rings. The molecule has 302 valence electrons. The molecule has 0 spiro atoms. The van der Waals surface area contributed by atoms with Crippen molar-refractivity contribution in [2.24, 2.45) is 11.8 Å². The predicted octanol–water partition coefficient (Wildman–Crippen LogP) is 14.9. The third kappa shape index (κ3) is 12.5. The van der Waals surface area contributed by atoms with E-state index in [9.17, 15) is 0 Å². The van der Waals surface area contributed by atoms with Gasteiger partial charge in [-0.25, -0.2) is 0 Å². The number of nitrogens with two attached hydrogens (primary N) is 2. The van der Waals surface area contributed by atoms with E-state index in [4.69, 9.17) is 20.9 Å². The van der Waals surface area contributed by atoms with E-state index in [1.807, 2.05) is 24.3 Å². The largest absolute Gasteiger partial charge is 0.489 e. The fraction of sp³-hybridized carbons (Fsp3) is 0.538. The lowest BCUT2D eigenvalue weighted by Crippen LogP contribution is -2.13. The van der Waals surface area contributed by atoms with Crippen LogP contribution in [0.1, 0.15) is 176 Å². The van der Waals surface area contributed by atoms with Gasteiger partial charge in [-0.15, -0.1) is 0 Å². The van der Waals surface area contributed by atoms with E-state index < -0.39 is 0 Å². The first-order valence-corrected chi connectivity index (χ1v) is 22.7. The molecule has 0 bridgehead atoms. The van der Waals surface area contributed by atoms with Crippen molar-refractivity contribution in [3.05, 3.63) is 107 Å². The summed E-state index contributed by atoms with van der Waals surface area (Å²) < 4.78 is 12.8. The Morgan fingerprint density at radius 1 is 0.446 bits per heavy atom. The van der Waals surface area contributed by atoms with E-state index in [1.165, 1.54) is 140 Å². The summed E-state index contributed by atoms with van der Waals surface area (Å²) in [6, 6.07) is 29.9. The number of hydrogen-bond acceptors (Lipinski definition) is 4. The van der Waals surface area contributed by atoms with Crippen molar-refractivity contribution in [3.63, 3.8) is 0 Å². The highest BCUT2D eigenvalue weighted by molar-refractivity contribution is 5.74. The maximum atomic E-state index is 6.42. The van der Waals surface area contributed by atoms with E-state index in [1.54, 1.807) is 0 Å². The number of anilines is 2. The summed E-state index contributed by atoms with van der Waals surface area (Å²) in [7, 11) is 0. The molecule has 2 fully saturated rings. The standard InChI is InChI=1S/C52H72N2O2/c1-3-5-7-9-11-13-39-15-19-41(20-16-39)43-23-29-49(30-24-43)55-37-45-35-47(53)27-33-51(45)52-34-28-48(54)36-46(52)38-56-50-31-25-44(26-32-50)42-21-17-40(18-22-42)14-12-10-8-6-4-2/h23-36,39-42H,3-22,37-38,53-54H2,1-2H3. The molecule has 2 saturated carbocycles. The molecule has 56 heavy (non-hydrogen) atoms. The average Bonchev–Trinajstić information content (AvgIpc) is 3.23. The first-order chi connectivity index (χ1) is 27.5. The molecule has 0 radical (unpaired) electrons. The molecule has 0 atom stereocenters. The van der Waals surface area contributed by atoms with Gasteiger partial charge in [0.2, 0.25) is 0 Å². The minimum Gasteiger partial charge on any atom is -0.489 e. The van der Waals surface area contributed by atoms with Crippen LogP contribution in [0.3, 0.4) is 0 Å². The quantitative estimate of drug-likeness (QED) is 0.0656. The third-order valence-corrected chi connectivity index (χ3v) is 13.2. The SMILES string of the molecule is CCCCCCCC1CCC(c2ccc(OCc3cc(N)ccc3-c3ccc(N)cc3COc3ccc(C4CCC(CCCCCCC)CC4)cc3)cc2)CC1. The molecule has 0 aromatic heterocycles. The number of nitrogen functional groups attached to an aromatic ring is 2. The van der Waals surface area contributed by atoms with Crippen LogP contribution in [0.5, 0.6) is 11.5 Å². The number of ether oxygens (including phenoxy) is 2. The summed E-state index contributed by atoms with van der Waals surface area (Å²) in [5.74, 6) is 4.97. The van der Waals surface area contributed by atoms with Crippen molar-refractivity contribution in [2.75, 3.05) is 11.5 Å². The van der Waals surface area contributed by atoms with Gasteiger partial charge in [0.15, 0.2) is 0 Å². The van der Waals surface area contributed by atoms with Crippen LogP contribution in [0.15, 0.2) is 84.9 Å². The predicted molar refractivity (Wildman–Crippen MR) is 238 cm³/mol. The van der Waals surface area contributed by atoms with E-state index in [0.29, 0.717) is 25.0 Å². The van der Waals surface area contributed by atoms with Crippen molar-refractivity contribution in [1.82, 2.24) is 0 Å². The van der Waals surface area contributed by atoms with Gasteiger partial charge in [0.25, 0.3) is 0 Å². The molecule has 0 unspecified atom stereocenters. The third-order valence-electron chi connectivity index (χ3n) is 13.2. The van der Waals surface area contributed by atoms with Crippen LogP contribution in [0.25, 0.3) is 11.1 Å². The van der Waals surface area contributed by atoms with Crippen LogP contribution in [-0.2, 0) is 13.2 Å². The summed E-state index contributed by atoms with van der Waals surface area (Å²) in [6.07, 6.45) is 27.5. The van der Waals surface area contributed by atoms with Gasteiger partial charge >= 0.3 is 0 Å². The Morgan fingerprint density at radius 3 is 1.20 bits per heavy atom. The Hall–Kier alpha value is -3.92. The average molecular weight is 757 g/mol. The number of rotatable bonds is 21. The van der Waals surface area contributed by atoms with Crippen LogP contribution < -0.4 is 20.9 Å². The molecule has 0 heterocycles. The van der Waals surface area contributed by atoms with E-state index in [2.05, 4.69) is 74.5 Å². The Bertz CT molecular complexity index is 1590. The first-order valence-electron chi connectivity index (χ1n) is 22.7. The van der Waals surface area contributed by atoms with Crippen LogP contribution >= 0.6 is 0 Å². The van der Waals surface area contributed by atoms with Gasteiger partial charge in [0.1, 0.15) is 24.7 Å². The van der Waals surface area contributed by atoms with E-state index >= 15 is 0 Å². The highest BCUT2D eigenvalue weighted by atomic mass is 16.5. The van der Waals surface area contributed by atoms with Crippen LogP contribution in [0, 0.1) is 11.8 Å². The van der Waals surface area contributed by atoms with Gasteiger partial charge in [-0.2, -0.15) is 0 Å². The zero-order chi connectivity index (χ0) is 39.0. The highest BCUT2D eigenvalue weighted by Gasteiger charge is 2.23. The molecule has 4 heteroatoms. The molecule has 0 amide bonds. The van der Waals surface area contributed by atoms with Crippen LogP contribution in [0.4, 0.5) is 11.4 Å². The van der Waals surface area contributed by atoms with Gasteiger partial charge in [0.05, 0.1) is 0 Å². The van der Waals surface area contributed by atoms with E-state index in [-0.39, 0.29) is 0 Å². The first kappa shape index (κ1) is 41.7. The molecule has 6 rings (SSSR count). The second-order valence-corrected chi connectivity index (χ2v) is 17.4. The maximum Gasteiger partial charge on any atom is 0.119 e. The summed E-state index contributed by atoms with van der Waals surface area (Å²) in [5, 5.41) is 0. The normalized spacial score (nSPS) is 19.8. The van der Waals surface area contributed by atoms with Crippen molar-refractivity contribution >= 4 is 11.4 Å². The number of unbranched alkanes of at least 4 members (excludes halogenated alkanes) is 8. The second kappa shape index (κ2) is 22.1. The zero-order valence-corrected chi connectivity index (χ0v) is 34.9. The van der Waals surface area contributed by atoms with Gasteiger partial charge < -0.3 is 20.9 Å². The minimum atomic E-state index is 0.427. The Balaban J connectivity index is 1.01. The topological polar surface area (TPSA) is 70.5 Å². The fourth-order valence-electron chi connectivity index (χ4n) is 9.63. The lowest BCUT2D eigenvalue weighted by molar-refractivity contribution is 0.299. The van der Waals surface area contributed by atoms with Crippen LogP contribution in [-0.4, -0.2) is 0 Å². The summed E-state index contributed by atoms with van der Waals surface area (Å²) in [4.78, 5) is 0. The molecule has 4 N–H and O–H groups in total. The fourth-order valence-corrected chi connectivity index (χ4v) is 9.63. The molecule has 4 nitrogen and oxygen atoms in total. The molecule has 0 saturated heterocycles. The molecule has 2 aliphatic rings. The number of hydrogen-bond donors (Lipinski definition) is 2. The van der Waals surface area contributed by atoms with Gasteiger partial charge in [-0.3, -0.25) is 0 Å². The maximum absolute atomic E-state index is 6.42. The monoisotopic (exact) mass is 757 g/mol. The van der Waals surface area contributed by atoms with Crippen molar-refractivity contribution in [1.29, 1.82) is 0 Å². The summed E-state index contributed by atoms with van der Waals surface area (Å²) in [5.41, 5.74) is 21.3. The Kier molecular flexibility index (Phi) is 16.5. The van der Waals surface area contributed by atoms with Crippen molar-refractivity contribution in [3.8, 4) is 22.6 Å². The smallest absolute Gasteiger partial charge is 0.119 e. The highest BCUT2D eigenvalue weighted by Crippen LogP contribution is 2.40. The van der Waals surface area contributed by atoms with Crippen molar-refractivity contribution in [2.45, 2.75) is 167 Å². The van der Waals surface area contributed by atoms with E-state index in [0.717, 1.165) is 57.0 Å². The Labute approximate surface area is 340 Å². The molecule has 2 aliphatic carbocycles. The molecule has 4 aromatic carbocycles. The van der Waals surface area contributed by atoms with Crippen LogP contribution in [0.2, 0.25) is 0 Å². The molecular weight excluding hydrogens is 685 g/mol. The lowest BCUT2D eigenvalue weighted by Gasteiger charge is -2.29. The second-order valence-electron chi connectivity index (χ2n) is 17.4. The molecular formula is C52H72N2O2. The van der Waals surface area contributed by atoms with Gasteiger partial charge in [-0.05, 0) is 157 Å². The zero-order valence-electron chi connectivity index (χ0n) is 34.9. The van der Waals surface area contributed by atoms with Crippen molar-refractivity contribution < 1.29 is 9.47 Å².